The Bertz CT molecular complexity index is 612. The van der Waals surface area contributed by atoms with Gasteiger partial charge in [0.25, 0.3) is 0 Å². The molecule has 1 saturated carbocycles. The van der Waals surface area contributed by atoms with Crippen LogP contribution in [0.3, 0.4) is 0 Å². The summed E-state index contributed by atoms with van der Waals surface area (Å²) >= 11 is 0. The zero-order chi connectivity index (χ0) is 38.3. The molecule has 0 atom stereocenters. The summed E-state index contributed by atoms with van der Waals surface area (Å²) in [6.07, 6.45) is 78.0. The van der Waals surface area contributed by atoms with E-state index in [1.54, 1.807) is 19.3 Å². The number of hydrogen-bond acceptors (Lipinski definition) is 0. The molecule has 0 aromatic carbocycles. The second kappa shape index (κ2) is 47.4. The lowest BCUT2D eigenvalue weighted by Gasteiger charge is -2.17. The maximum absolute atomic E-state index is 2.32. The Morgan fingerprint density at radius 1 is 0.204 bits per heavy atom. The van der Waals surface area contributed by atoms with E-state index >= 15 is 0 Å². The Labute approximate surface area is 345 Å². The molecule has 54 heavy (non-hydrogen) atoms. The van der Waals surface area contributed by atoms with Crippen LogP contribution in [0.1, 0.15) is 341 Å². The summed E-state index contributed by atoms with van der Waals surface area (Å²) in [4.78, 5) is 0. The van der Waals surface area contributed by atoms with Gasteiger partial charge in [-0.2, -0.15) is 0 Å². The highest BCUT2D eigenvalue weighted by Crippen LogP contribution is 2.26. The van der Waals surface area contributed by atoms with Crippen LogP contribution in [0.25, 0.3) is 0 Å². The minimum atomic E-state index is 1.04. The van der Waals surface area contributed by atoms with Gasteiger partial charge in [0.05, 0.1) is 0 Å². The van der Waals surface area contributed by atoms with Gasteiger partial charge in [-0.15, -0.1) is 0 Å². The fourth-order valence-electron chi connectivity index (χ4n) is 9.76. The molecule has 0 aliphatic heterocycles. The maximum Gasteiger partial charge on any atom is -0.0414 e. The second-order valence-electron chi connectivity index (χ2n) is 19.2. The predicted molar refractivity (Wildman–Crippen MR) is 249 cm³/mol. The SMILES string of the molecule is CCCCCCCCCCCCCCCCCCCCCCCCCCCCCCC1CCCCCCCCCCCCCCCCCCCCCCC1. The van der Waals surface area contributed by atoms with Crippen molar-refractivity contribution < 1.29 is 0 Å². The zero-order valence-electron chi connectivity index (χ0n) is 38.3. The first-order valence-corrected chi connectivity index (χ1v) is 26.9. The van der Waals surface area contributed by atoms with E-state index in [9.17, 15) is 0 Å². The Morgan fingerprint density at radius 2 is 0.370 bits per heavy atom. The van der Waals surface area contributed by atoms with E-state index in [-0.39, 0.29) is 0 Å². The van der Waals surface area contributed by atoms with E-state index < -0.39 is 0 Å². The third kappa shape index (κ3) is 43.1. The molecule has 324 valence electrons. The van der Waals surface area contributed by atoms with E-state index in [0.717, 1.165) is 5.92 Å². The zero-order valence-corrected chi connectivity index (χ0v) is 38.3. The Balaban J connectivity index is 1.91. The second-order valence-corrected chi connectivity index (χ2v) is 19.2. The van der Waals surface area contributed by atoms with Crippen LogP contribution < -0.4 is 0 Å². The van der Waals surface area contributed by atoms with Crippen molar-refractivity contribution >= 4 is 0 Å². The van der Waals surface area contributed by atoms with Crippen LogP contribution in [0.5, 0.6) is 0 Å². The molecule has 0 unspecified atom stereocenters. The van der Waals surface area contributed by atoms with Gasteiger partial charge >= 0.3 is 0 Å². The van der Waals surface area contributed by atoms with Gasteiger partial charge in [-0.05, 0) is 5.92 Å². The first-order valence-electron chi connectivity index (χ1n) is 26.9. The van der Waals surface area contributed by atoms with E-state index in [1.165, 1.54) is 315 Å². The van der Waals surface area contributed by atoms with Gasteiger partial charge in [0.1, 0.15) is 0 Å². The van der Waals surface area contributed by atoms with Gasteiger partial charge in [0, 0.05) is 0 Å². The Hall–Kier alpha value is 0. The Kier molecular flexibility index (Phi) is 45.6. The molecule has 0 radical (unpaired) electrons. The number of unbranched alkanes of at least 4 members (excludes halogenated alkanes) is 27. The molecule has 0 amide bonds. The molecule has 1 aliphatic carbocycles. The molecule has 0 N–H and O–H groups in total. The molecular formula is C54H108. The van der Waals surface area contributed by atoms with Gasteiger partial charge in [-0.3, -0.25) is 0 Å². The van der Waals surface area contributed by atoms with Crippen molar-refractivity contribution in [3.05, 3.63) is 0 Å². The fourth-order valence-corrected chi connectivity index (χ4v) is 9.76. The van der Waals surface area contributed by atoms with Crippen LogP contribution in [0, 0.1) is 5.92 Å². The Morgan fingerprint density at radius 3 is 0.574 bits per heavy atom. The first kappa shape index (κ1) is 52.0. The van der Waals surface area contributed by atoms with Crippen LogP contribution in [0.15, 0.2) is 0 Å². The van der Waals surface area contributed by atoms with Crippen LogP contribution in [0.4, 0.5) is 0 Å². The number of hydrogen-bond donors (Lipinski definition) is 0. The van der Waals surface area contributed by atoms with Crippen molar-refractivity contribution in [1.82, 2.24) is 0 Å². The molecule has 1 fully saturated rings. The maximum atomic E-state index is 2.32. The van der Waals surface area contributed by atoms with Crippen LogP contribution >= 0.6 is 0 Å². The highest BCUT2D eigenvalue weighted by Gasteiger charge is 2.09. The highest BCUT2D eigenvalue weighted by molar-refractivity contribution is 4.63. The fraction of sp³-hybridized carbons (Fsp3) is 1.00. The lowest BCUT2D eigenvalue weighted by molar-refractivity contribution is 0.365. The molecular weight excluding hydrogens is 649 g/mol. The minimum Gasteiger partial charge on any atom is -0.0654 e. The van der Waals surface area contributed by atoms with Crippen molar-refractivity contribution in [1.29, 1.82) is 0 Å². The average molecular weight is 757 g/mol. The van der Waals surface area contributed by atoms with E-state index in [0.29, 0.717) is 0 Å². The standard InChI is InChI=1S/C54H108/c1-2-3-4-5-6-7-8-9-10-11-12-13-14-15-16-17-18-19-21-24-27-30-33-36-39-42-45-48-51-54-52-49-46-43-40-37-34-31-28-25-22-20-23-26-29-32-35-38-41-44-47-50-53-54/h54H,2-53H2,1H3. The highest BCUT2D eigenvalue weighted by atomic mass is 14.2. The first-order chi connectivity index (χ1) is 26.9. The third-order valence-corrected chi connectivity index (χ3v) is 13.7. The van der Waals surface area contributed by atoms with Gasteiger partial charge < -0.3 is 0 Å². The largest absolute Gasteiger partial charge is 0.0654 e. The van der Waals surface area contributed by atoms with Crippen molar-refractivity contribution in [2.75, 3.05) is 0 Å². The van der Waals surface area contributed by atoms with E-state index in [4.69, 9.17) is 0 Å². The quantitative estimate of drug-likeness (QED) is 0.0667. The summed E-state index contributed by atoms with van der Waals surface area (Å²) in [6.45, 7) is 2.32. The van der Waals surface area contributed by atoms with E-state index in [1.807, 2.05) is 0 Å². The van der Waals surface area contributed by atoms with Crippen LogP contribution in [-0.4, -0.2) is 0 Å². The van der Waals surface area contributed by atoms with E-state index in [2.05, 4.69) is 6.92 Å². The summed E-state index contributed by atoms with van der Waals surface area (Å²) in [5.41, 5.74) is 0. The van der Waals surface area contributed by atoms with Gasteiger partial charge in [0.15, 0.2) is 0 Å². The summed E-state index contributed by atoms with van der Waals surface area (Å²) in [5.74, 6) is 1.04. The van der Waals surface area contributed by atoms with Gasteiger partial charge in [-0.25, -0.2) is 0 Å². The number of rotatable bonds is 29. The van der Waals surface area contributed by atoms with Crippen molar-refractivity contribution in [2.24, 2.45) is 5.92 Å². The molecule has 0 nitrogen and oxygen atoms in total. The molecule has 0 aromatic heterocycles. The van der Waals surface area contributed by atoms with Crippen LogP contribution in [0.2, 0.25) is 0 Å². The molecule has 1 rings (SSSR count). The van der Waals surface area contributed by atoms with Crippen molar-refractivity contribution in [3.8, 4) is 0 Å². The average Bonchev–Trinajstić information content (AvgIpc) is 3.18. The molecule has 0 aromatic rings. The smallest absolute Gasteiger partial charge is 0.0414 e. The third-order valence-electron chi connectivity index (χ3n) is 13.7. The summed E-state index contributed by atoms with van der Waals surface area (Å²) < 4.78 is 0. The molecule has 0 heteroatoms. The summed E-state index contributed by atoms with van der Waals surface area (Å²) in [6, 6.07) is 0. The predicted octanol–water partition coefficient (Wildman–Crippen LogP) is 20.9. The van der Waals surface area contributed by atoms with Crippen molar-refractivity contribution in [2.45, 2.75) is 341 Å². The molecule has 0 saturated heterocycles. The lowest BCUT2D eigenvalue weighted by atomic mass is 9.89. The molecule has 0 spiro atoms. The minimum absolute atomic E-state index is 1.04. The van der Waals surface area contributed by atoms with Crippen LogP contribution in [-0.2, 0) is 0 Å². The molecule has 0 bridgehead atoms. The monoisotopic (exact) mass is 757 g/mol. The summed E-state index contributed by atoms with van der Waals surface area (Å²) in [5, 5.41) is 0. The van der Waals surface area contributed by atoms with Gasteiger partial charge in [-0.1, -0.05) is 341 Å². The molecule has 0 heterocycles. The normalized spacial score (nSPS) is 17.7. The van der Waals surface area contributed by atoms with Gasteiger partial charge in [0.2, 0.25) is 0 Å². The lowest BCUT2D eigenvalue weighted by Crippen LogP contribution is -2.01. The molecule has 1 aliphatic rings. The van der Waals surface area contributed by atoms with Crippen molar-refractivity contribution in [3.63, 3.8) is 0 Å². The topological polar surface area (TPSA) is 0 Å². The summed E-state index contributed by atoms with van der Waals surface area (Å²) in [7, 11) is 0.